The standard InChI is InChI=1S/C18H21N3O3S/c1-4-11-24-18(23)14(12-19)17-21(5-2)16(22)15(25-17)9-8-13-7-6-10-20(13)3/h4,6-7,10,15H,1,5,8-9,11H2,2-3H3/b17-14-. The van der Waals surface area contributed by atoms with E-state index in [2.05, 4.69) is 6.58 Å². The van der Waals surface area contributed by atoms with Gasteiger partial charge in [-0.15, -0.1) is 0 Å². The van der Waals surface area contributed by atoms with Crippen molar-refractivity contribution < 1.29 is 14.3 Å². The van der Waals surface area contributed by atoms with Crippen molar-refractivity contribution in [2.75, 3.05) is 13.2 Å². The average Bonchev–Trinajstić information content (AvgIpc) is 3.15. The van der Waals surface area contributed by atoms with E-state index in [-0.39, 0.29) is 23.3 Å². The lowest BCUT2D eigenvalue weighted by Gasteiger charge is -2.15. The SMILES string of the molecule is C=CCOC(=O)/C(C#N)=C1\SC(CCc2cccn2C)C(=O)N1CC. The summed E-state index contributed by atoms with van der Waals surface area (Å²) in [6.45, 7) is 5.73. The molecule has 1 aromatic heterocycles. The highest BCUT2D eigenvalue weighted by molar-refractivity contribution is 8.04. The van der Waals surface area contributed by atoms with Gasteiger partial charge in [0.15, 0.2) is 5.57 Å². The number of hydrogen-bond acceptors (Lipinski definition) is 5. The van der Waals surface area contributed by atoms with Crippen molar-refractivity contribution in [3.63, 3.8) is 0 Å². The number of ether oxygens (including phenoxy) is 1. The van der Waals surface area contributed by atoms with E-state index in [0.29, 0.717) is 18.0 Å². The lowest BCUT2D eigenvalue weighted by atomic mass is 10.1. The topological polar surface area (TPSA) is 75.3 Å². The zero-order valence-corrected chi connectivity index (χ0v) is 15.2. The van der Waals surface area contributed by atoms with Gasteiger partial charge in [0.2, 0.25) is 5.91 Å². The Balaban J connectivity index is 2.18. The van der Waals surface area contributed by atoms with E-state index < -0.39 is 5.97 Å². The first kappa shape index (κ1) is 18.9. The first-order valence-corrected chi connectivity index (χ1v) is 8.92. The highest BCUT2D eigenvalue weighted by Gasteiger charge is 2.39. The number of carbonyl (C=O) groups is 2. The second kappa shape index (κ2) is 8.58. The third-order valence-corrected chi connectivity index (χ3v) is 5.30. The number of amides is 1. The number of rotatable bonds is 7. The van der Waals surface area contributed by atoms with E-state index in [4.69, 9.17) is 4.74 Å². The van der Waals surface area contributed by atoms with Gasteiger partial charge in [0.05, 0.1) is 5.25 Å². The minimum atomic E-state index is -0.723. The van der Waals surface area contributed by atoms with Gasteiger partial charge in [0.25, 0.3) is 0 Å². The largest absolute Gasteiger partial charge is 0.457 e. The predicted octanol–water partition coefficient (Wildman–Crippen LogP) is 2.39. The summed E-state index contributed by atoms with van der Waals surface area (Å²) in [4.78, 5) is 26.2. The fraction of sp³-hybridized carbons (Fsp3) is 0.389. The van der Waals surface area contributed by atoms with Gasteiger partial charge in [-0.1, -0.05) is 24.4 Å². The molecule has 0 aromatic carbocycles. The van der Waals surface area contributed by atoms with Crippen molar-refractivity contribution in [2.24, 2.45) is 7.05 Å². The first-order valence-electron chi connectivity index (χ1n) is 8.04. The van der Waals surface area contributed by atoms with Crippen molar-refractivity contribution in [2.45, 2.75) is 25.0 Å². The molecule has 6 nitrogen and oxygen atoms in total. The number of aromatic nitrogens is 1. The molecule has 1 fully saturated rings. The quantitative estimate of drug-likeness (QED) is 0.323. The smallest absolute Gasteiger partial charge is 0.351 e. The van der Waals surface area contributed by atoms with Gasteiger partial charge in [-0.05, 0) is 31.9 Å². The molecular formula is C18H21N3O3S. The molecule has 25 heavy (non-hydrogen) atoms. The summed E-state index contributed by atoms with van der Waals surface area (Å²) < 4.78 is 6.98. The fourth-order valence-corrected chi connectivity index (χ4v) is 3.95. The van der Waals surface area contributed by atoms with Crippen LogP contribution in [0.2, 0.25) is 0 Å². The second-order valence-electron chi connectivity index (χ2n) is 5.52. The third-order valence-electron chi connectivity index (χ3n) is 3.93. The van der Waals surface area contributed by atoms with Crippen molar-refractivity contribution >= 4 is 23.6 Å². The van der Waals surface area contributed by atoms with Crippen LogP contribution in [0.3, 0.4) is 0 Å². The van der Waals surface area contributed by atoms with Crippen LogP contribution in [0.15, 0.2) is 41.6 Å². The monoisotopic (exact) mass is 359 g/mol. The summed E-state index contributed by atoms with van der Waals surface area (Å²) in [6, 6.07) is 5.87. The van der Waals surface area contributed by atoms with Crippen molar-refractivity contribution in [1.82, 2.24) is 9.47 Å². The highest BCUT2D eigenvalue weighted by atomic mass is 32.2. The van der Waals surface area contributed by atoms with Crippen molar-refractivity contribution in [1.29, 1.82) is 5.26 Å². The molecule has 2 rings (SSSR count). The molecule has 0 saturated carbocycles. The van der Waals surface area contributed by atoms with Crippen LogP contribution in [0.5, 0.6) is 0 Å². The van der Waals surface area contributed by atoms with Gasteiger partial charge in [-0.25, -0.2) is 4.79 Å². The second-order valence-corrected chi connectivity index (χ2v) is 6.71. The van der Waals surface area contributed by atoms with E-state index in [9.17, 15) is 14.9 Å². The third kappa shape index (κ3) is 4.15. The van der Waals surface area contributed by atoms with Crippen molar-refractivity contribution in [3.8, 4) is 6.07 Å². The molecule has 0 aliphatic carbocycles. The molecule has 1 unspecified atom stereocenters. The van der Waals surface area contributed by atoms with Crippen molar-refractivity contribution in [3.05, 3.63) is 47.3 Å². The average molecular weight is 359 g/mol. The van der Waals surface area contributed by atoms with Gasteiger partial charge < -0.3 is 14.2 Å². The number of nitriles is 1. The van der Waals surface area contributed by atoms with Crippen LogP contribution in [0.1, 0.15) is 19.0 Å². The maximum Gasteiger partial charge on any atom is 0.351 e. The summed E-state index contributed by atoms with van der Waals surface area (Å²) in [5.41, 5.74) is 1.02. The Morgan fingerprint density at radius 1 is 1.56 bits per heavy atom. The molecule has 0 radical (unpaired) electrons. The van der Waals surface area contributed by atoms with E-state index in [1.54, 1.807) is 0 Å². The summed E-state index contributed by atoms with van der Waals surface area (Å²) in [5.74, 6) is -0.791. The van der Waals surface area contributed by atoms with Crippen LogP contribution in [0.4, 0.5) is 0 Å². The molecule has 1 saturated heterocycles. The summed E-state index contributed by atoms with van der Waals surface area (Å²) >= 11 is 1.27. The normalized spacial score (nSPS) is 18.8. The van der Waals surface area contributed by atoms with Crippen LogP contribution in [0.25, 0.3) is 0 Å². The van der Waals surface area contributed by atoms with E-state index in [0.717, 1.165) is 12.1 Å². The van der Waals surface area contributed by atoms with Crippen LogP contribution < -0.4 is 0 Å². The van der Waals surface area contributed by atoms with Gasteiger partial charge in [-0.3, -0.25) is 4.79 Å². The molecule has 0 N–H and O–H groups in total. The number of nitrogens with zero attached hydrogens (tertiary/aromatic N) is 3. The molecular weight excluding hydrogens is 338 g/mol. The molecule has 132 valence electrons. The van der Waals surface area contributed by atoms with Gasteiger partial charge in [0, 0.05) is 25.5 Å². The minimum absolute atomic E-state index is 0.0267. The first-order chi connectivity index (χ1) is 12.0. The Kier molecular flexibility index (Phi) is 6.48. The highest BCUT2D eigenvalue weighted by Crippen LogP contribution is 2.39. The van der Waals surface area contributed by atoms with Gasteiger partial charge in [-0.2, -0.15) is 5.26 Å². The summed E-state index contributed by atoms with van der Waals surface area (Å²) in [6.07, 6.45) is 4.79. The number of aryl methyl sites for hydroxylation is 2. The maximum atomic E-state index is 12.6. The van der Waals surface area contributed by atoms with E-state index in [1.165, 1.54) is 22.7 Å². The molecule has 1 aliphatic rings. The Morgan fingerprint density at radius 2 is 2.32 bits per heavy atom. The Bertz CT molecular complexity index is 745. The van der Waals surface area contributed by atoms with Crippen LogP contribution in [-0.2, 0) is 27.8 Å². The Hall–Kier alpha value is -2.46. The molecule has 1 aromatic rings. The number of esters is 1. The van der Waals surface area contributed by atoms with E-state index >= 15 is 0 Å². The zero-order chi connectivity index (χ0) is 18.4. The Labute approximate surface area is 151 Å². The van der Waals surface area contributed by atoms with Gasteiger partial charge >= 0.3 is 5.97 Å². The molecule has 0 spiro atoms. The molecule has 1 aliphatic heterocycles. The Morgan fingerprint density at radius 3 is 2.88 bits per heavy atom. The molecule has 2 heterocycles. The number of thioether (sulfide) groups is 1. The predicted molar refractivity (Wildman–Crippen MR) is 96.3 cm³/mol. The van der Waals surface area contributed by atoms with Crippen LogP contribution >= 0.6 is 11.8 Å². The van der Waals surface area contributed by atoms with E-state index in [1.807, 2.05) is 42.9 Å². The van der Waals surface area contributed by atoms with Crippen LogP contribution in [-0.4, -0.2) is 39.7 Å². The molecule has 0 bridgehead atoms. The van der Waals surface area contributed by atoms with Crippen LogP contribution in [0, 0.1) is 11.3 Å². The maximum absolute atomic E-state index is 12.6. The number of carbonyl (C=O) groups excluding carboxylic acids is 2. The summed E-state index contributed by atoms with van der Waals surface area (Å²) in [7, 11) is 1.96. The number of hydrogen-bond donors (Lipinski definition) is 0. The zero-order valence-electron chi connectivity index (χ0n) is 14.4. The fourth-order valence-electron chi connectivity index (χ4n) is 2.62. The lowest BCUT2D eigenvalue weighted by Crippen LogP contribution is -2.29. The van der Waals surface area contributed by atoms with Gasteiger partial charge in [0.1, 0.15) is 17.7 Å². The summed E-state index contributed by atoms with van der Waals surface area (Å²) in [5, 5.41) is 9.45. The minimum Gasteiger partial charge on any atom is -0.457 e. The lowest BCUT2D eigenvalue weighted by molar-refractivity contribution is -0.137. The molecule has 1 atom stereocenters. The molecule has 7 heteroatoms. The molecule has 1 amide bonds.